The van der Waals surface area contributed by atoms with Crippen LogP contribution in [0.15, 0.2) is 60.9 Å². The van der Waals surface area contributed by atoms with Crippen molar-refractivity contribution in [3.63, 3.8) is 0 Å². The Morgan fingerprint density at radius 1 is 1.15 bits per heavy atom. The number of fused-ring (bicyclic) bond motifs is 1. The van der Waals surface area contributed by atoms with Crippen molar-refractivity contribution in [2.24, 2.45) is 0 Å². The second-order valence-corrected chi connectivity index (χ2v) is 6.76. The van der Waals surface area contributed by atoms with Crippen LogP contribution >= 0.6 is 0 Å². The number of pyridine rings is 2. The fraction of sp³-hybridized carbons (Fsp3) is 0.286. The molecule has 1 amide bonds. The van der Waals surface area contributed by atoms with Crippen LogP contribution in [0.5, 0.6) is 0 Å². The summed E-state index contributed by atoms with van der Waals surface area (Å²) in [5.41, 5.74) is 1.55. The van der Waals surface area contributed by atoms with Gasteiger partial charge in [-0.2, -0.15) is 0 Å². The highest BCUT2D eigenvalue weighted by Crippen LogP contribution is 2.22. The normalized spacial score (nSPS) is 17.3. The van der Waals surface area contributed by atoms with Gasteiger partial charge in [0.15, 0.2) is 0 Å². The summed E-state index contributed by atoms with van der Waals surface area (Å²) in [6.07, 6.45) is 5.55. The van der Waals surface area contributed by atoms with E-state index in [2.05, 4.69) is 14.9 Å². The summed E-state index contributed by atoms with van der Waals surface area (Å²) in [6, 6.07) is 15.9. The van der Waals surface area contributed by atoms with Crippen LogP contribution < -0.4 is 4.90 Å². The fourth-order valence-electron chi connectivity index (χ4n) is 3.58. The van der Waals surface area contributed by atoms with E-state index in [0.29, 0.717) is 5.56 Å². The van der Waals surface area contributed by atoms with E-state index in [4.69, 9.17) is 0 Å². The van der Waals surface area contributed by atoms with Crippen molar-refractivity contribution < 1.29 is 4.79 Å². The molecular weight excluding hydrogens is 324 g/mol. The SMILES string of the molecule is CN(C(=O)c1cnc2ccccc2c1)C1CCCN(c2ccccn2)C1. The number of anilines is 1. The van der Waals surface area contributed by atoms with Gasteiger partial charge in [-0.05, 0) is 37.1 Å². The third-order valence-corrected chi connectivity index (χ3v) is 5.08. The number of amides is 1. The molecule has 5 heteroatoms. The third kappa shape index (κ3) is 3.25. The summed E-state index contributed by atoms with van der Waals surface area (Å²) in [4.78, 5) is 26.0. The van der Waals surface area contributed by atoms with Gasteiger partial charge in [-0.15, -0.1) is 0 Å². The van der Waals surface area contributed by atoms with E-state index in [-0.39, 0.29) is 11.9 Å². The molecule has 4 rings (SSSR count). The maximum atomic E-state index is 13.0. The number of benzene rings is 1. The smallest absolute Gasteiger partial charge is 0.255 e. The molecule has 3 aromatic rings. The van der Waals surface area contributed by atoms with Crippen molar-refractivity contribution in [2.45, 2.75) is 18.9 Å². The lowest BCUT2D eigenvalue weighted by atomic mass is 10.0. The Morgan fingerprint density at radius 2 is 2.00 bits per heavy atom. The summed E-state index contributed by atoms with van der Waals surface area (Å²) in [6.45, 7) is 1.79. The zero-order chi connectivity index (χ0) is 17.9. The van der Waals surface area contributed by atoms with E-state index in [0.717, 1.165) is 42.7 Å². The number of carbonyl (C=O) groups excluding carboxylic acids is 1. The Labute approximate surface area is 153 Å². The molecule has 1 saturated heterocycles. The summed E-state index contributed by atoms with van der Waals surface area (Å²) in [7, 11) is 1.89. The van der Waals surface area contributed by atoms with Gasteiger partial charge in [0.2, 0.25) is 0 Å². The first-order chi connectivity index (χ1) is 12.7. The molecule has 3 heterocycles. The van der Waals surface area contributed by atoms with Crippen LogP contribution in [0.25, 0.3) is 10.9 Å². The topological polar surface area (TPSA) is 49.3 Å². The molecule has 1 fully saturated rings. The molecule has 1 unspecified atom stereocenters. The van der Waals surface area contributed by atoms with Gasteiger partial charge in [-0.1, -0.05) is 24.3 Å². The molecule has 0 spiro atoms. The van der Waals surface area contributed by atoms with Gasteiger partial charge < -0.3 is 9.80 Å². The Bertz CT molecular complexity index is 912. The van der Waals surface area contributed by atoms with Crippen molar-refractivity contribution in [2.75, 3.05) is 25.0 Å². The zero-order valence-corrected chi connectivity index (χ0v) is 14.9. The number of hydrogen-bond acceptors (Lipinski definition) is 4. The standard InChI is InChI=1S/C21H22N4O/c1-24(18-8-6-12-25(15-18)20-10-4-5-11-22-20)21(26)17-13-16-7-2-3-9-19(16)23-14-17/h2-5,7,9-11,13-14,18H,6,8,12,15H2,1H3. The molecule has 0 N–H and O–H groups in total. The molecular formula is C21H22N4O. The molecule has 0 aliphatic carbocycles. The molecule has 0 saturated carbocycles. The van der Waals surface area contributed by atoms with E-state index in [1.54, 1.807) is 6.20 Å². The van der Waals surface area contributed by atoms with Crippen LogP contribution in [0, 0.1) is 0 Å². The summed E-state index contributed by atoms with van der Waals surface area (Å²) in [5.74, 6) is 1.00. The first-order valence-corrected chi connectivity index (χ1v) is 9.00. The van der Waals surface area contributed by atoms with E-state index in [1.165, 1.54) is 0 Å². The van der Waals surface area contributed by atoms with Gasteiger partial charge in [-0.25, -0.2) is 4.98 Å². The fourth-order valence-corrected chi connectivity index (χ4v) is 3.58. The van der Waals surface area contributed by atoms with Crippen LogP contribution in [0.2, 0.25) is 0 Å². The number of nitrogens with zero attached hydrogens (tertiary/aromatic N) is 4. The molecule has 0 radical (unpaired) electrons. The summed E-state index contributed by atoms with van der Waals surface area (Å²) in [5, 5.41) is 0.991. The highest BCUT2D eigenvalue weighted by molar-refractivity contribution is 5.97. The van der Waals surface area contributed by atoms with Crippen LogP contribution in [0.4, 0.5) is 5.82 Å². The van der Waals surface area contributed by atoms with Crippen molar-refractivity contribution in [1.82, 2.24) is 14.9 Å². The Kier molecular flexibility index (Phi) is 4.52. The number of carbonyl (C=O) groups is 1. The van der Waals surface area contributed by atoms with Gasteiger partial charge in [0.25, 0.3) is 5.91 Å². The number of likely N-dealkylation sites (N-methyl/N-ethyl adjacent to an activating group) is 1. The molecule has 5 nitrogen and oxygen atoms in total. The minimum Gasteiger partial charge on any atom is -0.355 e. The van der Waals surface area contributed by atoms with Gasteiger partial charge in [0.05, 0.1) is 11.1 Å². The lowest BCUT2D eigenvalue weighted by Crippen LogP contribution is -2.48. The van der Waals surface area contributed by atoms with Crippen molar-refractivity contribution in [1.29, 1.82) is 0 Å². The average Bonchev–Trinajstić information content (AvgIpc) is 2.73. The van der Waals surface area contributed by atoms with Crippen LogP contribution in [-0.2, 0) is 0 Å². The van der Waals surface area contributed by atoms with Crippen LogP contribution in [-0.4, -0.2) is 47.0 Å². The molecule has 1 aliphatic rings. The number of hydrogen-bond donors (Lipinski definition) is 0. The maximum Gasteiger partial charge on any atom is 0.255 e. The number of rotatable bonds is 3. The Balaban J connectivity index is 1.52. The largest absolute Gasteiger partial charge is 0.355 e. The van der Waals surface area contributed by atoms with Gasteiger partial charge >= 0.3 is 0 Å². The third-order valence-electron chi connectivity index (χ3n) is 5.08. The molecule has 132 valence electrons. The predicted octanol–water partition coefficient (Wildman–Crippen LogP) is 3.37. The summed E-state index contributed by atoms with van der Waals surface area (Å²) >= 11 is 0. The number of para-hydroxylation sites is 1. The van der Waals surface area contributed by atoms with Gasteiger partial charge in [0.1, 0.15) is 5.82 Å². The first-order valence-electron chi connectivity index (χ1n) is 9.00. The lowest BCUT2D eigenvalue weighted by molar-refractivity contribution is 0.0717. The van der Waals surface area contributed by atoms with E-state index >= 15 is 0 Å². The average molecular weight is 346 g/mol. The predicted molar refractivity (Wildman–Crippen MR) is 103 cm³/mol. The highest BCUT2D eigenvalue weighted by atomic mass is 16.2. The van der Waals surface area contributed by atoms with Gasteiger partial charge in [0, 0.05) is 44.0 Å². The molecule has 1 aliphatic heterocycles. The number of piperidine rings is 1. The second kappa shape index (κ2) is 7.12. The Hall–Kier alpha value is -2.95. The summed E-state index contributed by atoms with van der Waals surface area (Å²) < 4.78 is 0. The lowest BCUT2D eigenvalue weighted by Gasteiger charge is -2.38. The van der Waals surface area contributed by atoms with Crippen LogP contribution in [0.1, 0.15) is 23.2 Å². The van der Waals surface area contributed by atoms with Crippen molar-refractivity contribution >= 4 is 22.6 Å². The molecule has 26 heavy (non-hydrogen) atoms. The molecule has 1 aromatic carbocycles. The maximum absolute atomic E-state index is 13.0. The molecule has 2 aromatic heterocycles. The zero-order valence-electron chi connectivity index (χ0n) is 14.9. The van der Waals surface area contributed by atoms with Crippen LogP contribution in [0.3, 0.4) is 0 Å². The first kappa shape index (κ1) is 16.5. The second-order valence-electron chi connectivity index (χ2n) is 6.76. The minimum absolute atomic E-state index is 0.0242. The molecule has 1 atom stereocenters. The molecule has 0 bridgehead atoms. The monoisotopic (exact) mass is 346 g/mol. The van der Waals surface area contributed by atoms with Crippen molar-refractivity contribution in [3.05, 3.63) is 66.5 Å². The number of aromatic nitrogens is 2. The highest BCUT2D eigenvalue weighted by Gasteiger charge is 2.27. The minimum atomic E-state index is 0.0242. The van der Waals surface area contributed by atoms with Crippen molar-refractivity contribution in [3.8, 4) is 0 Å². The Morgan fingerprint density at radius 3 is 2.85 bits per heavy atom. The quantitative estimate of drug-likeness (QED) is 0.730. The van der Waals surface area contributed by atoms with E-state index in [9.17, 15) is 4.79 Å². The van der Waals surface area contributed by atoms with E-state index < -0.39 is 0 Å². The van der Waals surface area contributed by atoms with E-state index in [1.807, 2.05) is 66.7 Å². The van der Waals surface area contributed by atoms with Gasteiger partial charge in [-0.3, -0.25) is 9.78 Å².